The Morgan fingerprint density at radius 3 is 2.82 bits per heavy atom. The van der Waals surface area contributed by atoms with Crippen LogP contribution in [0.15, 0.2) is 24.5 Å². The molecule has 3 nitrogen and oxygen atoms in total. The maximum atomic E-state index is 10.1. The summed E-state index contributed by atoms with van der Waals surface area (Å²) in [4.78, 5) is 13.8. The summed E-state index contributed by atoms with van der Waals surface area (Å²) in [5.41, 5.74) is -0.854. The zero-order chi connectivity index (χ0) is 7.40. The molecule has 0 amide bonds. The van der Waals surface area contributed by atoms with E-state index in [1.165, 1.54) is 6.20 Å². The van der Waals surface area contributed by atoms with Crippen LogP contribution in [0, 0.1) is 0 Å². The Labute approximate surface area is 74.7 Å². The zero-order valence-electron chi connectivity index (χ0n) is 5.36. The third-order valence-electron chi connectivity index (χ3n) is 0.832. The summed E-state index contributed by atoms with van der Waals surface area (Å²) < 4.78 is 4.48. The molecule has 1 heterocycles. The molecule has 0 unspecified atom stereocenters. The second-order valence-corrected chi connectivity index (χ2v) is 1.84. The lowest BCUT2D eigenvalue weighted by Gasteiger charge is -1.94. The fourth-order valence-corrected chi connectivity index (χ4v) is 0.589. The van der Waals surface area contributed by atoms with Crippen LogP contribution in [0.1, 0.15) is 0 Å². The molecule has 1 aromatic rings. The molecule has 0 spiro atoms. The van der Waals surface area contributed by atoms with Gasteiger partial charge in [0.25, 0.3) is 0 Å². The largest absolute Gasteiger partial charge is 0.413 e. The first-order valence-corrected chi connectivity index (χ1v) is 2.94. The molecule has 1 rings (SSSR count). The van der Waals surface area contributed by atoms with Gasteiger partial charge in [0.2, 0.25) is 0 Å². The smallest absolute Gasteiger partial charge is 0.409 e. The SMILES string of the molecule is Cl.O=C(Cl)Oc1cccnc1. The second-order valence-electron chi connectivity index (χ2n) is 1.53. The van der Waals surface area contributed by atoms with Gasteiger partial charge in [-0.05, 0) is 12.1 Å². The van der Waals surface area contributed by atoms with Crippen LogP contribution in [0.3, 0.4) is 0 Å². The zero-order valence-corrected chi connectivity index (χ0v) is 6.93. The van der Waals surface area contributed by atoms with E-state index in [0.717, 1.165) is 0 Å². The Bertz CT molecular complexity index is 227. The summed E-state index contributed by atoms with van der Waals surface area (Å²) in [6.07, 6.45) is 2.98. The van der Waals surface area contributed by atoms with E-state index in [2.05, 4.69) is 9.72 Å². The van der Waals surface area contributed by atoms with Crippen molar-refractivity contribution in [3.8, 4) is 5.75 Å². The van der Waals surface area contributed by atoms with Crippen LogP contribution >= 0.6 is 24.0 Å². The van der Waals surface area contributed by atoms with E-state index in [-0.39, 0.29) is 12.4 Å². The molecular formula is C6H5Cl2NO2. The lowest BCUT2D eigenvalue weighted by atomic mass is 10.5. The highest BCUT2D eigenvalue weighted by Gasteiger charge is 1.96. The number of pyridine rings is 1. The molecule has 5 heteroatoms. The number of rotatable bonds is 1. The monoisotopic (exact) mass is 193 g/mol. The summed E-state index contributed by atoms with van der Waals surface area (Å²) in [7, 11) is 0. The average molecular weight is 194 g/mol. The van der Waals surface area contributed by atoms with Crippen LogP contribution in [-0.4, -0.2) is 10.4 Å². The summed E-state index contributed by atoms with van der Waals surface area (Å²) in [6, 6.07) is 3.24. The van der Waals surface area contributed by atoms with E-state index in [4.69, 9.17) is 11.6 Å². The fraction of sp³-hybridized carbons (Fsp3) is 0. The average Bonchev–Trinajstić information content (AvgIpc) is 1.88. The molecule has 1 aromatic heterocycles. The standard InChI is InChI=1S/C6H4ClNO2.ClH/c7-6(9)10-5-2-1-3-8-4-5;/h1-4H;1H. The van der Waals surface area contributed by atoms with E-state index >= 15 is 0 Å². The maximum Gasteiger partial charge on any atom is 0.409 e. The van der Waals surface area contributed by atoms with Gasteiger partial charge in [-0.2, -0.15) is 0 Å². The summed E-state index contributed by atoms with van der Waals surface area (Å²) in [5.74, 6) is 0.350. The molecular weight excluding hydrogens is 189 g/mol. The molecule has 11 heavy (non-hydrogen) atoms. The van der Waals surface area contributed by atoms with Crippen LogP contribution in [-0.2, 0) is 0 Å². The second kappa shape index (κ2) is 4.93. The van der Waals surface area contributed by atoms with Gasteiger partial charge in [0.15, 0.2) is 0 Å². The lowest BCUT2D eigenvalue weighted by Crippen LogP contribution is -1.95. The van der Waals surface area contributed by atoms with E-state index in [9.17, 15) is 4.79 Å². The normalized spacial score (nSPS) is 8.09. The Kier molecular flexibility index (Phi) is 4.57. The van der Waals surface area contributed by atoms with Crippen LogP contribution in [0.4, 0.5) is 4.79 Å². The van der Waals surface area contributed by atoms with Crippen molar-refractivity contribution >= 4 is 29.4 Å². The number of carbonyl (C=O) groups is 1. The number of nitrogens with zero attached hydrogens (tertiary/aromatic N) is 1. The van der Waals surface area contributed by atoms with Crippen molar-refractivity contribution in [3.63, 3.8) is 0 Å². The van der Waals surface area contributed by atoms with Gasteiger partial charge in [-0.1, -0.05) is 0 Å². The molecule has 0 atom stereocenters. The Hall–Kier alpha value is -0.800. The van der Waals surface area contributed by atoms with Crippen molar-refractivity contribution in [1.29, 1.82) is 0 Å². The highest BCUT2D eigenvalue weighted by atomic mass is 35.5. The fourth-order valence-electron chi connectivity index (χ4n) is 0.500. The van der Waals surface area contributed by atoms with E-state index in [0.29, 0.717) is 5.75 Å². The Morgan fingerprint density at radius 2 is 2.36 bits per heavy atom. The maximum absolute atomic E-state index is 10.1. The molecule has 0 aromatic carbocycles. The minimum atomic E-state index is -0.854. The van der Waals surface area contributed by atoms with Gasteiger partial charge in [-0.25, -0.2) is 4.79 Å². The number of hydrogen-bond acceptors (Lipinski definition) is 3. The highest BCUT2D eigenvalue weighted by molar-refractivity contribution is 6.61. The molecule has 0 saturated heterocycles. The Balaban J connectivity index is 0.000001000. The minimum Gasteiger partial charge on any atom is -0.413 e. The molecule has 0 N–H and O–H groups in total. The summed E-state index contributed by atoms with van der Waals surface area (Å²) >= 11 is 4.92. The van der Waals surface area contributed by atoms with Crippen LogP contribution in [0.2, 0.25) is 0 Å². The van der Waals surface area contributed by atoms with Gasteiger partial charge in [0, 0.05) is 17.8 Å². The van der Waals surface area contributed by atoms with Gasteiger partial charge >= 0.3 is 5.43 Å². The molecule has 0 aliphatic carbocycles. The quantitative estimate of drug-likeness (QED) is 0.643. The first kappa shape index (κ1) is 10.2. The Morgan fingerprint density at radius 1 is 1.64 bits per heavy atom. The van der Waals surface area contributed by atoms with Crippen molar-refractivity contribution < 1.29 is 9.53 Å². The predicted octanol–water partition coefficient (Wildman–Crippen LogP) is 2.24. The van der Waals surface area contributed by atoms with E-state index in [1.807, 2.05) is 0 Å². The topological polar surface area (TPSA) is 39.2 Å². The van der Waals surface area contributed by atoms with Crippen molar-refractivity contribution in [2.45, 2.75) is 0 Å². The minimum absolute atomic E-state index is 0. The third-order valence-corrected chi connectivity index (χ3v) is 0.910. The summed E-state index contributed by atoms with van der Waals surface area (Å²) in [5, 5.41) is 0. The molecule has 0 aliphatic rings. The van der Waals surface area contributed by atoms with Crippen molar-refractivity contribution in [2.24, 2.45) is 0 Å². The number of ether oxygens (including phenoxy) is 1. The van der Waals surface area contributed by atoms with Gasteiger partial charge in [-0.3, -0.25) is 4.98 Å². The van der Waals surface area contributed by atoms with Crippen molar-refractivity contribution in [1.82, 2.24) is 4.98 Å². The molecule has 0 bridgehead atoms. The number of carbonyl (C=O) groups excluding carboxylic acids is 1. The van der Waals surface area contributed by atoms with E-state index in [1.54, 1.807) is 18.3 Å². The van der Waals surface area contributed by atoms with E-state index < -0.39 is 5.43 Å². The van der Waals surface area contributed by atoms with Gasteiger partial charge in [0.05, 0.1) is 6.20 Å². The first-order chi connectivity index (χ1) is 4.79. The molecule has 0 radical (unpaired) electrons. The molecule has 0 saturated carbocycles. The third kappa shape index (κ3) is 3.80. The molecule has 0 fully saturated rings. The van der Waals surface area contributed by atoms with Crippen LogP contribution < -0.4 is 4.74 Å². The van der Waals surface area contributed by atoms with Gasteiger partial charge in [-0.15, -0.1) is 12.4 Å². The van der Waals surface area contributed by atoms with Crippen LogP contribution in [0.5, 0.6) is 5.75 Å². The number of hydrogen-bond donors (Lipinski definition) is 0. The van der Waals surface area contributed by atoms with Gasteiger partial charge < -0.3 is 4.74 Å². The summed E-state index contributed by atoms with van der Waals surface area (Å²) in [6.45, 7) is 0. The lowest BCUT2D eigenvalue weighted by molar-refractivity contribution is 0.225. The molecule has 0 aliphatic heterocycles. The number of halogens is 2. The van der Waals surface area contributed by atoms with Crippen LogP contribution in [0.25, 0.3) is 0 Å². The highest BCUT2D eigenvalue weighted by Crippen LogP contribution is 2.07. The van der Waals surface area contributed by atoms with Crippen molar-refractivity contribution in [3.05, 3.63) is 24.5 Å². The molecule has 60 valence electrons. The van der Waals surface area contributed by atoms with Crippen molar-refractivity contribution in [2.75, 3.05) is 0 Å². The predicted molar refractivity (Wildman–Crippen MR) is 43.4 cm³/mol. The first-order valence-electron chi connectivity index (χ1n) is 2.56. The van der Waals surface area contributed by atoms with Gasteiger partial charge in [0.1, 0.15) is 5.75 Å². The number of aromatic nitrogens is 1.